The lowest BCUT2D eigenvalue weighted by Crippen LogP contribution is -2.49. The zero-order valence-corrected chi connectivity index (χ0v) is 11.8. The molecule has 0 aromatic heterocycles. The van der Waals surface area contributed by atoms with Gasteiger partial charge in [-0.3, -0.25) is 0 Å². The Morgan fingerprint density at radius 1 is 1.12 bits per heavy atom. The van der Waals surface area contributed by atoms with Crippen LogP contribution in [0.15, 0.2) is 0 Å². The van der Waals surface area contributed by atoms with E-state index in [1.807, 2.05) is 0 Å². The van der Waals surface area contributed by atoms with Crippen molar-refractivity contribution >= 4 is 0 Å². The molecule has 0 aromatic rings. The van der Waals surface area contributed by atoms with Crippen LogP contribution in [0.4, 0.5) is 0 Å². The highest BCUT2D eigenvalue weighted by Gasteiger charge is 2.26. The van der Waals surface area contributed by atoms with Gasteiger partial charge in [0.25, 0.3) is 0 Å². The first-order chi connectivity index (χ1) is 8.15. The first-order valence-corrected chi connectivity index (χ1v) is 7.33. The molecule has 1 N–H and O–H groups in total. The predicted octanol–water partition coefficient (Wildman–Crippen LogP) is 1.26. The van der Waals surface area contributed by atoms with Crippen LogP contribution in [0.25, 0.3) is 0 Å². The second-order valence-corrected chi connectivity index (χ2v) is 6.29. The van der Waals surface area contributed by atoms with Gasteiger partial charge in [-0.15, -0.1) is 0 Å². The van der Waals surface area contributed by atoms with Crippen molar-refractivity contribution in [3.05, 3.63) is 0 Å². The van der Waals surface area contributed by atoms with Crippen LogP contribution in [-0.4, -0.2) is 61.7 Å². The quantitative estimate of drug-likeness (QED) is 0.797. The minimum Gasteiger partial charge on any atom is -0.314 e. The molecule has 2 heterocycles. The van der Waals surface area contributed by atoms with Gasteiger partial charge in [0, 0.05) is 45.3 Å². The molecule has 2 atom stereocenters. The standard InChI is InChI=1S/C14H29N3/c1-12(2)10-16-6-8-17(9-7-16)11-14-4-5-15-13(14)3/h12-15H,4-11H2,1-3H3. The molecular weight excluding hydrogens is 210 g/mol. The van der Waals surface area contributed by atoms with Crippen molar-refractivity contribution in [2.45, 2.75) is 33.2 Å². The van der Waals surface area contributed by atoms with Crippen molar-refractivity contribution in [3.63, 3.8) is 0 Å². The summed E-state index contributed by atoms with van der Waals surface area (Å²) in [7, 11) is 0. The van der Waals surface area contributed by atoms with E-state index >= 15 is 0 Å². The van der Waals surface area contributed by atoms with Crippen molar-refractivity contribution in [2.24, 2.45) is 11.8 Å². The third-order valence-electron chi connectivity index (χ3n) is 4.27. The molecule has 0 aliphatic carbocycles. The molecule has 0 amide bonds. The first kappa shape index (κ1) is 13.3. The number of hydrogen-bond acceptors (Lipinski definition) is 3. The first-order valence-electron chi connectivity index (χ1n) is 7.33. The molecule has 0 spiro atoms. The van der Waals surface area contributed by atoms with Crippen LogP contribution in [0, 0.1) is 11.8 Å². The maximum absolute atomic E-state index is 3.56. The van der Waals surface area contributed by atoms with E-state index in [0.717, 1.165) is 17.9 Å². The number of nitrogens with one attached hydrogen (secondary N) is 1. The highest BCUT2D eigenvalue weighted by Crippen LogP contribution is 2.17. The SMILES string of the molecule is CC(C)CN1CCN(CC2CCNC2C)CC1. The largest absolute Gasteiger partial charge is 0.314 e. The maximum Gasteiger partial charge on any atom is 0.0110 e. The van der Waals surface area contributed by atoms with Crippen LogP contribution < -0.4 is 5.32 Å². The Bertz CT molecular complexity index is 222. The summed E-state index contributed by atoms with van der Waals surface area (Å²) >= 11 is 0. The molecule has 0 radical (unpaired) electrons. The smallest absolute Gasteiger partial charge is 0.0110 e. The molecular formula is C14H29N3. The fourth-order valence-corrected chi connectivity index (χ4v) is 3.16. The van der Waals surface area contributed by atoms with Gasteiger partial charge in [0.05, 0.1) is 0 Å². The fourth-order valence-electron chi connectivity index (χ4n) is 3.16. The second kappa shape index (κ2) is 6.17. The molecule has 2 aliphatic heterocycles. The summed E-state index contributed by atoms with van der Waals surface area (Å²) in [6.07, 6.45) is 1.37. The van der Waals surface area contributed by atoms with Gasteiger partial charge in [-0.25, -0.2) is 0 Å². The summed E-state index contributed by atoms with van der Waals surface area (Å²) in [6.45, 7) is 15.9. The van der Waals surface area contributed by atoms with E-state index in [2.05, 4.69) is 35.9 Å². The summed E-state index contributed by atoms with van der Waals surface area (Å²) < 4.78 is 0. The van der Waals surface area contributed by atoms with Crippen molar-refractivity contribution in [1.29, 1.82) is 0 Å². The molecule has 0 aromatic carbocycles. The fraction of sp³-hybridized carbons (Fsp3) is 1.00. The van der Waals surface area contributed by atoms with Gasteiger partial charge in [-0.05, 0) is 31.7 Å². The predicted molar refractivity (Wildman–Crippen MR) is 73.3 cm³/mol. The molecule has 0 saturated carbocycles. The van der Waals surface area contributed by atoms with Crippen LogP contribution in [-0.2, 0) is 0 Å². The van der Waals surface area contributed by atoms with Crippen molar-refractivity contribution in [3.8, 4) is 0 Å². The molecule has 0 bridgehead atoms. The van der Waals surface area contributed by atoms with Crippen molar-refractivity contribution < 1.29 is 0 Å². The molecule has 100 valence electrons. The maximum atomic E-state index is 3.56. The molecule has 17 heavy (non-hydrogen) atoms. The monoisotopic (exact) mass is 239 g/mol. The Balaban J connectivity index is 1.68. The highest BCUT2D eigenvalue weighted by molar-refractivity contribution is 4.84. The minimum atomic E-state index is 0.726. The van der Waals surface area contributed by atoms with Crippen LogP contribution in [0.3, 0.4) is 0 Å². The summed E-state index contributed by atoms with van der Waals surface area (Å²) in [5.41, 5.74) is 0. The van der Waals surface area contributed by atoms with Gasteiger partial charge in [0.2, 0.25) is 0 Å². The van der Waals surface area contributed by atoms with Crippen molar-refractivity contribution in [2.75, 3.05) is 45.8 Å². The van der Waals surface area contributed by atoms with Crippen LogP contribution in [0.5, 0.6) is 0 Å². The Morgan fingerprint density at radius 2 is 1.76 bits per heavy atom. The van der Waals surface area contributed by atoms with E-state index in [9.17, 15) is 0 Å². The van der Waals surface area contributed by atoms with Gasteiger partial charge < -0.3 is 15.1 Å². The molecule has 2 rings (SSSR count). The third-order valence-corrected chi connectivity index (χ3v) is 4.27. The number of nitrogens with zero attached hydrogens (tertiary/aromatic N) is 2. The molecule has 2 aliphatic rings. The van der Waals surface area contributed by atoms with E-state index < -0.39 is 0 Å². The average Bonchev–Trinajstić information content (AvgIpc) is 2.67. The van der Waals surface area contributed by atoms with E-state index in [-0.39, 0.29) is 0 Å². The lowest BCUT2D eigenvalue weighted by molar-refractivity contribution is 0.108. The summed E-state index contributed by atoms with van der Waals surface area (Å²) in [5, 5.41) is 3.56. The molecule has 2 unspecified atom stereocenters. The Labute approximate surface area is 107 Å². The Morgan fingerprint density at radius 3 is 2.29 bits per heavy atom. The van der Waals surface area contributed by atoms with E-state index in [1.54, 1.807) is 0 Å². The number of hydrogen-bond donors (Lipinski definition) is 1. The van der Waals surface area contributed by atoms with E-state index in [4.69, 9.17) is 0 Å². The van der Waals surface area contributed by atoms with Gasteiger partial charge in [-0.1, -0.05) is 13.8 Å². The lowest BCUT2D eigenvalue weighted by Gasteiger charge is -2.37. The summed E-state index contributed by atoms with van der Waals surface area (Å²) in [4.78, 5) is 5.29. The molecule has 2 fully saturated rings. The topological polar surface area (TPSA) is 18.5 Å². The zero-order valence-electron chi connectivity index (χ0n) is 11.8. The van der Waals surface area contributed by atoms with Gasteiger partial charge >= 0.3 is 0 Å². The summed E-state index contributed by atoms with van der Waals surface area (Å²) in [5.74, 6) is 1.69. The van der Waals surface area contributed by atoms with Gasteiger partial charge in [-0.2, -0.15) is 0 Å². The number of rotatable bonds is 4. The Hall–Kier alpha value is -0.120. The van der Waals surface area contributed by atoms with Gasteiger partial charge in [0.15, 0.2) is 0 Å². The van der Waals surface area contributed by atoms with Crippen LogP contribution >= 0.6 is 0 Å². The lowest BCUT2D eigenvalue weighted by atomic mass is 10.0. The molecule has 3 nitrogen and oxygen atoms in total. The minimum absolute atomic E-state index is 0.726. The van der Waals surface area contributed by atoms with Gasteiger partial charge in [0.1, 0.15) is 0 Å². The molecule has 2 saturated heterocycles. The number of piperazine rings is 1. The van der Waals surface area contributed by atoms with E-state index in [1.165, 1.54) is 52.2 Å². The zero-order chi connectivity index (χ0) is 12.3. The van der Waals surface area contributed by atoms with Crippen molar-refractivity contribution in [1.82, 2.24) is 15.1 Å². The normalized spacial score (nSPS) is 32.5. The van der Waals surface area contributed by atoms with Crippen LogP contribution in [0.1, 0.15) is 27.2 Å². The summed E-state index contributed by atoms with van der Waals surface area (Å²) in [6, 6.07) is 0.726. The molecule has 3 heteroatoms. The van der Waals surface area contributed by atoms with E-state index in [0.29, 0.717) is 0 Å². The Kier molecular flexibility index (Phi) is 4.83. The average molecular weight is 239 g/mol. The second-order valence-electron chi connectivity index (χ2n) is 6.29. The van der Waals surface area contributed by atoms with Crippen LogP contribution in [0.2, 0.25) is 0 Å². The highest BCUT2D eigenvalue weighted by atomic mass is 15.3. The third kappa shape index (κ3) is 3.94.